The molecule has 0 amide bonds. The molecule has 0 atom stereocenters. The Kier molecular flexibility index (Phi) is 9.23. The molecule has 11 aromatic rings. The van der Waals surface area contributed by atoms with Gasteiger partial charge in [-0.1, -0.05) is 194 Å². The second-order valence-electron chi connectivity index (χ2n) is 15.7. The quantitative estimate of drug-likeness (QED) is 0.119. The summed E-state index contributed by atoms with van der Waals surface area (Å²) >= 11 is 0. The summed E-state index contributed by atoms with van der Waals surface area (Å²) in [6.45, 7) is 0. The largest absolute Gasteiger partial charge is 0.228 e. The highest BCUT2D eigenvalue weighted by atomic mass is 14.9. The minimum atomic E-state index is 0.642. The fourth-order valence-corrected chi connectivity index (χ4v) is 8.70. The third-order valence-corrected chi connectivity index (χ3v) is 11.9. The van der Waals surface area contributed by atoms with Crippen molar-refractivity contribution in [3.8, 4) is 84.5 Å². The van der Waals surface area contributed by atoms with Crippen molar-refractivity contribution in [2.24, 2.45) is 0 Å². The van der Waals surface area contributed by atoms with E-state index in [1.807, 2.05) is 42.5 Å². The van der Waals surface area contributed by atoms with Crippen molar-refractivity contribution in [3.05, 3.63) is 230 Å². The van der Waals surface area contributed by atoms with Crippen LogP contribution in [0.5, 0.6) is 0 Å². The van der Waals surface area contributed by atoms with Crippen LogP contribution in [-0.4, -0.2) is 9.97 Å². The molecule has 10 aromatic carbocycles. The summed E-state index contributed by atoms with van der Waals surface area (Å²) in [7, 11) is 0. The van der Waals surface area contributed by atoms with Crippen LogP contribution >= 0.6 is 0 Å². The maximum absolute atomic E-state index is 9.29. The molecule has 0 unspecified atom stereocenters. The first-order valence-electron chi connectivity index (χ1n) is 20.9. The van der Waals surface area contributed by atoms with Gasteiger partial charge >= 0.3 is 0 Å². The second-order valence-corrected chi connectivity index (χ2v) is 15.7. The van der Waals surface area contributed by atoms with Crippen molar-refractivity contribution < 1.29 is 0 Å². The van der Waals surface area contributed by atoms with Crippen molar-refractivity contribution >= 4 is 32.3 Å². The third kappa shape index (κ3) is 6.86. The standard InChI is InChI=1S/C59H37N3/c60-38-39-17-19-44(20-18-39)49-13-8-14-51(35-49)57-37-56(46-10-2-1-3-11-46)61-59(62-57)48-31-27-43(28-32-48)41-23-21-40(22-24-41)42-25-29-47(30-26-42)58-53-16-7-5-12-50(53)36-55-52-15-6-4-9-45(52)33-34-54(55)58/h1-37H. The van der Waals surface area contributed by atoms with E-state index in [2.05, 4.69) is 188 Å². The van der Waals surface area contributed by atoms with E-state index >= 15 is 0 Å². The van der Waals surface area contributed by atoms with Gasteiger partial charge in [-0.25, -0.2) is 9.97 Å². The Labute approximate surface area is 360 Å². The van der Waals surface area contributed by atoms with Gasteiger partial charge in [-0.2, -0.15) is 5.26 Å². The van der Waals surface area contributed by atoms with Crippen molar-refractivity contribution in [1.29, 1.82) is 5.26 Å². The van der Waals surface area contributed by atoms with Gasteiger partial charge in [0.15, 0.2) is 5.82 Å². The highest BCUT2D eigenvalue weighted by Crippen LogP contribution is 2.40. The highest BCUT2D eigenvalue weighted by Gasteiger charge is 2.14. The van der Waals surface area contributed by atoms with Gasteiger partial charge in [-0.3, -0.25) is 0 Å². The van der Waals surface area contributed by atoms with E-state index in [1.54, 1.807) is 0 Å². The Morgan fingerprint density at radius 2 is 0.790 bits per heavy atom. The van der Waals surface area contributed by atoms with Gasteiger partial charge < -0.3 is 0 Å². The molecule has 1 heterocycles. The minimum Gasteiger partial charge on any atom is -0.228 e. The molecule has 3 heteroatoms. The van der Waals surface area contributed by atoms with E-state index < -0.39 is 0 Å². The minimum absolute atomic E-state index is 0.642. The van der Waals surface area contributed by atoms with Crippen LogP contribution in [0.3, 0.4) is 0 Å². The average Bonchev–Trinajstić information content (AvgIpc) is 3.36. The summed E-state index contributed by atoms with van der Waals surface area (Å²) in [5.41, 5.74) is 14.5. The molecule has 288 valence electrons. The van der Waals surface area contributed by atoms with Crippen LogP contribution in [0.1, 0.15) is 5.56 Å². The molecule has 0 bridgehead atoms. The van der Waals surface area contributed by atoms with Gasteiger partial charge in [0.25, 0.3) is 0 Å². The van der Waals surface area contributed by atoms with Crippen LogP contribution < -0.4 is 0 Å². The first kappa shape index (κ1) is 36.6. The molecule has 0 radical (unpaired) electrons. The number of nitrogens with zero attached hydrogens (tertiary/aromatic N) is 3. The Morgan fingerprint density at radius 1 is 0.290 bits per heavy atom. The Hall–Kier alpha value is -8.45. The third-order valence-electron chi connectivity index (χ3n) is 11.9. The van der Waals surface area contributed by atoms with Gasteiger partial charge in [0.2, 0.25) is 0 Å². The molecular weight excluding hydrogens is 751 g/mol. The van der Waals surface area contributed by atoms with E-state index in [1.165, 1.54) is 54.6 Å². The topological polar surface area (TPSA) is 49.6 Å². The van der Waals surface area contributed by atoms with Crippen LogP contribution in [0, 0.1) is 11.3 Å². The predicted octanol–water partition coefficient (Wildman–Crippen LogP) is 15.5. The molecule has 0 saturated heterocycles. The Bertz CT molecular complexity index is 3470. The molecule has 62 heavy (non-hydrogen) atoms. The van der Waals surface area contributed by atoms with Crippen LogP contribution in [0.25, 0.3) is 111 Å². The highest BCUT2D eigenvalue weighted by molar-refractivity contribution is 6.20. The SMILES string of the molecule is N#Cc1ccc(-c2cccc(-c3cc(-c4ccccc4)nc(-c4ccc(-c5ccc(-c6ccc(-c7c8ccccc8cc8c7ccc7ccccc78)cc6)cc5)cc4)n3)c2)cc1. The van der Waals surface area contributed by atoms with Crippen LogP contribution in [0.2, 0.25) is 0 Å². The molecule has 0 spiro atoms. The average molecular weight is 788 g/mol. The van der Waals surface area contributed by atoms with Gasteiger partial charge in [0.05, 0.1) is 23.0 Å². The fraction of sp³-hybridized carbons (Fsp3) is 0. The molecule has 3 nitrogen and oxygen atoms in total. The van der Waals surface area contributed by atoms with Gasteiger partial charge in [-0.15, -0.1) is 0 Å². The zero-order valence-electron chi connectivity index (χ0n) is 33.7. The number of aromatic nitrogens is 2. The Balaban J connectivity index is 0.882. The lowest BCUT2D eigenvalue weighted by Gasteiger charge is -2.14. The molecule has 0 fully saturated rings. The van der Waals surface area contributed by atoms with Crippen LogP contribution in [-0.2, 0) is 0 Å². The van der Waals surface area contributed by atoms with Crippen LogP contribution in [0.15, 0.2) is 224 Å². The second kappa shape index (κ2) is 15.6. The van der Waals surface area contributed by atoms with Gasteiger partial charge in [0, 0.05) is 16.7 Å². The molecule has 1 aromatic heterocycles. The molecule has 0 aliphatic heterocycles. The normalized spacial score (nSPS) is 11.2. The predicted molar refractivity (Wildman–Crippen MR) is 257 cm³/mol. The molecule has 0 N–H and O–H groups in total. The summed E-state index contributed by atoms with van der Waals surface area (Å²) < 4.78 is 0. The van der Waals surface area contributed by atoms with Crippen molar-refractivity contribution in [2.75, 3.05) is 0 Å². The van der Waals surface area contributed by atoms with Gasteiger partial charge in [-0.05, 0) is 107 Å². The first-order valence-corrected chi connectivity index (χ1v) is 20.9. The molecular formula is C59H37N3. The van der Waals surface area contributed by atoms with E-state index in [4.69, 9.17) is 9.97 Å². The lowest BCUT2D eigenvalue weighted by molar-refractivity contribution is 1.18. The van der Waals surface area contributed by atoms with E-state index in [-0.39, 0.29) is 0 Å². The van der Waals surface area contributed by atoms with Crippen molar-refractivity contribution in [2.45, 2.75) is 0 Å². The zero-order chi connectivity index (χ0) is 41.4. The summed E-state index contributed by atoms with van der Waals surface area (Å²) in [5, 5.41) is 16.9. The van der Waals surface area contributed by atoms with E-state index in [0.717, 1.165) is 50.3 Å². The van der Waals surface area contributed by atoms with E-state index in [9.17, 15) is 5.26 Å². The summed E-state index contributed by atoms with van der Waals surface area (Å²) in [4.78, 5) is 10.2. The van der Waals surface area contributed by atoms with Crippen molar-refractivity contribution in [1.82, 2.24) is 9.97 Å². The fourth-order valence-electron chi connectivity index (χ4n) is 8.70. The summed E-state index contributed by atoms with van der Waals surface area (Å²) in [5.74, 6) is 0.667. The lowest BCUT2D eigenvalue weighted by atomic mass is 9.89. The number of hydrogen-bond donors (Lipinski definition) is 0. The smallest absolute Gasteiger partial charge is 0.160 e. The van der Waals surface area contributed by atoms with Crippen molar-refractivity contribution in [3.63, 3.8) is 0 Å². The lowest BCUT2D eigenvalue weighted by Crippen LogP contribution is -1.96. The number of fused-ring (bicyclic) bond motifs is 4. The number of nitriles is 1. The number of benzene rings is 10. The summed E-state index contributed by atoms with van der Waals surface area (Å²) in [6, 6.07) is 81.2. The zero-order valence-corrected chi connectivity index (χ0v) is 33.7. The Morgan fingerprint density at radius 3 is 1.45 bits per heavy atom. The maximum Gasteiger partial charge on any atom is 0.160 e. The molecule has 0 aliphatic rings. The number of rotatable bonds is 7. The van der Waals surface area contributed by atoms with Crippen LogP contribution in [0.4, 0.5) is 0 Å². The maximum atomic E-state index is 9.29. The van der Waals surface area contributed by atoms with E-state index in [0.29, 0.717) is 11.4 Å². The molecule has 0 saturated carbocycles. The first-order chi connectivity index (χ1) is 30.6. The molecule has 0 aliphatic carbocycles. The van der Waals surface area contributed by atoms with Gasteiger partial charge in [0.1, 0.15) is 0 Å². The monoisotopic (exact) mass is 787 g/mol. The molecule has 11 rings (SSSR count). The summed E-state index contributed by atoms with van der Waals surface area (Å²) in [6.07, 6.45) is 0. The number of hydrogen-bond acceptors (Lipinski definition) is 3.